The molecule has 2 unspecified atom stereocenters. The summed E-state index contributed by atoms with van der Waals surface area (Å²) in [6.45, 7) is 15.4. The Hall–Kier alpha value is -0.650. The monoisotopic (exact) mass is 299 g/mol. The zero-order valence-corrected chi connectivity index (χ0v) is 14.4. The van der Waals surface area contributed by atoms with Gasteiger partial charge in [0.15, 0.2) is 0 Å². The lowest BCUT2D eigenvalue weighted by Gasteiger charge is -2.31. The molecule has 5 heteroatoms. The van der Waals surface area contributed by atoms with Crippen LogP contribution in [0.4, 0.5) is 0 Å². The smallest absolute Gasteiger partial charge is 0.323 e. The van der Waals surface area contributed by atoms with Crippen LogP contribution in [0.3, 0.4) is 0 Å². The molecule has 2 N–H and O–H groups in total. The first-order chi connectivity index (χ1) is 9.82. The number of carboxylic acids is 1. The Bertz CT molecular complexity index is 331. The summed E-state index contributed by atoms with van der Waals surface area (Å²) in [4.78, 5) is 16.4. The number of nitrogens with zero attached hydrogens (tertiary/aromatic N) is 2. The summed E-state index contributed by atoms with van der Waals surface area (Å²) < 4.78 is 0. The molecule has 0 radical (unpaired) electrons. The lowest BCUT2D eigenvalue weighted by atomic mass is 9.96. The Morgan fingerprint density at radius 3 is 2.52 bits per heavy atom. The molecule has 0 aliphatic carbocycles. The summed E-state index contributed by atoms with van der Waals surface area (Å²) >= 11 is 0. The minimum atomic E-state index is -0.832. The van der Waals surface area contributed by atoms with Crippen molar-refractivity contribution in [2.24, 2.45) is 0 Å². The van der Waals surface area contributed by atoms with Crippen LogP contribution in [0.2, 0.25) is 0 Å². The summed E-state index contributed by atoms with van der Waals surface area (Å²) in [6.07, 6.45) is 1.84. The van der Waals surface area contributed by atoms with Crippen molar-refractivity contribution in [3.63, 3.8) is 0 Å². The van der Waals surface area contributed by atoms with Crippen LogP contribution < -0.4 is 5.32 Å². The molecule has 1 heterocycles. The maximum absolute atomic E-state index is 11.5. The first-order valence-corrected chi connectivity index (χ1v) is 8.29. The molecule has 1 aliphatic rings. The molecule has 1 aliphatic heterocycles. The minimum absolute atomic E-state index is 0.174. The number of hydrogen-bond donors (Lipinski definition) is 2. The molecule has 21 heavy (non-hydrogen) atoms. The van der Waals surface area contributed by atoms with E-state index in [1.807, 2.05) is 13.8 Å². The van der Waals surface area contributed by atoms with Gasteiger partial charge in [0.05, 0.1) is 0 Å². The van der Waals surface area contributed by atoms with E-state index in [-0.39, 0.29) is 6.04 Å². The quantitative estimate of drug-likeness (QED) is 0.678. The fourth-order valence-electron chi connectivity index (χ4n) is 3.31. The highest BCUT2D eigenvalue weighted by Gasteiger charge is 2.35. The highest BCUT2D eigenvalue weighted by Crippen LogP contribution is 2.18. The van der Waals surface area contributed by atoms with E-state index in [9.17, 15) is 9.90 Å². The molecule has 0 saturated carbocycles. The molecule has 1 fully saturated rings. The van der Waals surface area contributed by atoms with Crippen molar-refractivity contribution in [2.45, 2.75) is 65.1 Å². The van der Waals surface area contributed by atoms with Crippen molar-refractivity contribution in [3.05, 3.63) is 0 Å². The maximum atomic E-state index is 11.5. The van der Waals surface area contributed by atoms with Gasteiger partial charge in [-0.25, -0.2) is 0 Å². The standard InChI is InChI=1S/C16H33N3O2/c1-6-19(7-2)14-8-10-18(12-14)11-9-16(5,15(20)21)17-13(3)4/h13-14,17H,6-12H2,1-5H3,(H,20,21). The van der Waals surface area contributed by atoms with Gasteiger partial charge in [0, 0.05) is 25.2 Å². The number of likely N-dealkylation sites (tertiary alicyclic amines) is 1. The lowest BCUT2D eigenvalue weighted by molar-refractivity contribution is -0.144. The Morgan fingerprint density at radius 1 is 1.43 bits per heavy atom. The Balaban J connectivity index is 2.49. The molecule has 0 spiro atoms. The molecule has 0 aromatic heterocycles. The van der Waals surface area contributed by atoms with Gasteiger partial charge in [0.2, 0.25) is 0 Å². The molecule has 1 rings (SSSR count). The summed E-state index contributed by atoms with van der Waals surface area (Å²) in [5.74, 6) is -0.754. The van der Waals surface area contributed by atoms with Crippen molar-refractivity contribution in [1.29, 1.82) is 0 Å². The van der Waals surface area contributed by atoms with Gasteiger partial charge in [0.1, 0.15) is 5.54 Å². The van der Waals surface area contributed by atoms with Crippen LogP contribution in [0.25, 0.3) is 0 Å². The van der Waals surface area contributed by atoms with Gasteiger partial charge in [-0.1, -0.05) is 13.8 Å². The van der Waals surface area contributed by atoms with Gasteiger partial charge in [-0.15, -0.1) is 0 Å². The Morgan fingerprint density at radius 2 is 2.05 bits per heavy atom. The fraction of sp³-hybridized carbons (Fsp3) is 0.938. The van der Waals surface area contributed by atoms with E-state index in [1.165, 1.54) is 6.42 Å². The van der Waals surface area contributed by atoms with E-state index in [2.05, 4.69) is 29.0 Å². The number of aliphatic carboxylic acids is 1. The van der Waals surface area contributed by atoms with Crippen molar-refractivity contribution >= 4 is 5.97 Å². The highest BCUT2D eigenvalue weighted by molar-refractivity contribution is 5.78. The van der Waals surface area contributed by atoms with Crippen molar-refractivity contribution < 1.29 is 9.90 Å². The number of hydrogen-bond acceptors (Lipinski definition) is 4. The topological polar surface area (TPSA) is 55.8 Å². The van der Waals surface area contributed by atoms with E-state index < -0.39 is 11.5 Å². The van der Waals surface area contributed by atoms with Gasteiger partial charge in [0.25, 0.3) is 0 Å². The second-order valence-electron chi connectivity index (χ2n) is 6.65. The predicted octanol–water partition coefficient (Wildman–Crippen LogP) is 1.63. The van der Waals surface area contributed by atoms with Crippen LogP contribution in [0.1, 0.15) is 47.5 Å². The molecular formula is C16H33N3O2. The van der Waals surface area contributed by atoms with Gasteiger partial charge in [-0.05, 0) is 53.2 Å². The molecule has 124 valence electrons. The zero-order valence-electron chi connectivity index (χ0n) is 14.4. The largest absolute Gasteiger partial charge is 0.480 e. The van der Waals surface area contributed by atoms with Crippen molar-refractivity contribution in [3.8, 4) is 0 Å². The normalized spacial score (nSPS) is 22.9. The molecule has 0 aromatic rings. The third-order valence-electron chi connectivity index (χ3n) is 4.58. The molecular weight excluding hydrogens is 266 g/mol. The minimum Gasteiger partial charge on any atom is -0.480 e. The molecule has 5 nitrogen and oxygen atoms in total. The van der Waals surface area contributed by atoms with Gasteiger partial charge >= 0.3 is 5.97 Å². The van der Waals surface area contributed by atoms with Crippen molar-refractivity contribution in [1.82, 2.24) is 15.1 Å². The van der Waals surface area contributed by atoms with Crippen LogP contribution in [0.15, 0.2) is 0 Å². The predicted molar refractivity (Wildman–Crippen MR) is 86.7 cm³/mol. The first kappa shape index (κ1) is 18.4. The van der Waals surface area contributed by atoms with E-state index in [0.717, 1.165) is 32.7 Å². The summed E-state index contributed by atoms with van der Waals surface area (Å²) in [7, 11) is 0. The number of carbonyl (C=O) groups is 1. The van der Waals surface area contributed by atoms with Gasteiger partial charge in [-0.2, -0.15) is 0 Å². The van der Waals surface area contributed by atoms with Crippen LogP contribution in [-0.4, -0.2) is 71.2 Å². The average molecular weight is 299 g/mol. The summed E-state index contributed by atoms with van der Waals surface area (Å²) in [5.41, 5.74) is -0.832. The van der Waals surface area contributed by atoms with E-state index in [0.29, 0.717) is 12.5 Å². The second kappa shape index (κ2) is 8.11. The molecule has 0 aromatic carbocycles. The van der Waals surface area contributed by atoms with E-state index in [4.69, 9.17) is 0 Å². The maximum Gasteiger partial charge on any atom is 0.323 e. The average Bonchev–Trinajstić information content (AvgIpc) is 2.86. The number of carboxylic acid groups (broad SMARTS) is 1. The molecule has 0 bridgehead atoms. The van der Waals surface area contributed by atoms with Gasteiger partial charge < -0.3 is 10.0 Å². The lowest BCUT2D eigenvalue weighted by Crippen LogP contribution is -2.53. The number of likely N-dealkylation sites (N-methyl/N-ethyl adjacent to an activating group) is 1. The fourth-order valence-corrected chi connectivity index (χ4v) is 3.31. The Labute approximate surface area is 129 Å². The third kappa shape index (κ3) is 5.24. The molecule has 0 amide bonds. The highest BCUT2D eigenvalue weighted by atomic mass is 16.4. The number of nitrogens with one attached hydrogen (secondary N) is 1. The van der Waals surface area contributed by atoms with E-state index >= 15 is 0 Å². The summed E-state index contributed by atoms with van der Waals surface area (Å²) in [6, 6.07) is 0.808. The zero-order chi connectivity index (χ0) is 16.0. The van der Waals surface area contributed by atoms with Crippen LogP contribution >= 0.6 is 0 Å². The van der Waals surface area contributed by atoms with Crippen molar-refractivity contribution in [2.75, 3.05) is 32.7 Å². The Kier molecular flexibility index (Phi) is 7.10. The van der Waals surface area contributed by atoms with E-state index in [1.54, 1.807) is 6.92 Å². The second-order valence-corrected chi connectivity index (χ2v) is 6.65. The van der Waals surface area contributed by atoms with Crippen LogP contribution in [0.5, 0.6) is 0 Å². The molecule has 2 atom stereocenters. The summed E-state index contributed by atoms with van der Waals surface area (Å²) in [5, 5.41) is 12.7. The number of rotatable bonds is 9. The van der Waals surface area contributed by atoms with Crippen LogP contribution in [-0.2, 0) is 4.79 Å². The van der Waals surface area contributed by atoms with Crippen LogP contribution in [0, 0.1) is 0 Å². The SMILES string of the molecule is CCN(CC)C1CCN(CCC(C)(NC(C)C)C(=O)O)C1. The third-order valence-corrected chi connectivity index (χ3v) is 4.58. The van der Waals surface area contributed by atoms with Gasteiger partial charge in [-0.3, -0.25) is 15.0 Å². The first-order valence-electron chi connectivity index (χ1n) is 8.29. The molecule has 1 saturated heterocycles.